The van der Waals surface area contributed by atoms with Crippen molar-refractivity contribution in [3.8, 4) is 0 Å². The molecule has 3 rings (SSSR count). The lowest BCUT2D eigenvalue weighted by molar-refractivity contribution is -0.384. The highest BCUT2D eigenvalue weighted by Crippen LogP contribution is 2.27. The smallest absolute Gasteiger partial charge is 0.276 e. The molecule has 1 fully saturated rings. The van der Waals surface area contributed by atoms with E-state index in [0.29, 0.717) is 11.3 Å². The lowest BCUT2D eigenvalue weighted by Gasteiger charge is -2.19. The third kappa shape index (κ3) is 5.11. The summed E-state index contributed by atoms with van der Waals surface area (Å²) in [6.07, 6.45) is 3.31. The molecule has 11 heteroatoms. The number of amides is 1. The predicted molar refractivity (Wildman–Crippen MR) is 113 cm³/mol. The van der Waals surface area contributed by atoms with Crippen molar-refractivity contribution in [2.24, 2.45) is 5.10 Å². The Morgan fingerprint density at radius 1 is 1.17 bits per heavy atom. The number of carbonyl (C=O) groups is 1. The molecule has 0 bridgehead atoms. The van der Waals surface area contributed by atoms with E-state index in [2.05, 4.69) is 20.1 Å². The quantitative estimate of drug-likeness (QED) is 0.393. The van der Waals surface area contributed by atoms with E-state index in [-0.39, 0.29) is 16.5 Å². The molecule has 2 aromatic rings. The first-order valence-electron chi connectivity index (χ1n) is 9.22. The van der Waals surface area contributed by atoms with Gasteiger partial charge in [-0.1, -0.05) is 0 Å². The van der Waals surface area contributed by atoms with Gasteiger partial charge in [0.15, 0.2) is 0 Å². The van der Waals surface area contributed by atoms with Crippen LogP contribution in [0.1, 0.15) is 25.3 Å². The number of anilines is 2. The normalized spacial score (nSPS) is 14.1. The van der Waals surface area contributed by atoms with E-state index in [0.717, 1.165) is 31.6 Å². The summed E-state index contributed by atoms with van der Waals surface area (Å²) in [5.41, 5.74) is 1.59. The van der Waals surface area contributed by atoms with Crippen LogP contribution >= 0.6 is 0 Å². The second-order valence-electron chi connectivity index (χ2n) is 6.75. The van der Waals surface area contributed by atoms with Gasteiger partial charge in [-0.2, -0.15) is 13.5 Å². The molecule has 0 saturated carbocycles. The Balaban J connectivity index is 1.80. The predicted octanol–water partition coefficient (Wildman–Crippen LogP) is 2.47. The maximum atomic E-state index is 12.4. The molecule has 1 saturated heterocycles. The molecule has 2 aromatic carbocycles. The van der Waals surface area contributed by atoms with Crippen molar-refractivity contribution in [3.63, 3.8) is 0 Å². The summed E-state index contributed by atoms with van der Waals surface area (Å²) in [5, 5.41) is 17.5. The van der Waals surface area contributed by atoms with Crippen molar-refractivity contribution in [1.82, 2.24) is 4.83 Å². The molecule has 0 radical (unpaired) electrons. The van der Waals surface area contributed by atoms with Gasteiger partial charge in [0.2, 0.25) is 5.91 Å². The summed E-state index contributed by atoms with van der Waals surface area (Å²) in [6.45, 7) is 3.00. The standard InChI is InChI=1S/C19H21N5O5S/c1-14(25)21-16-4-7-18(8-5-16)30(28,29)22-20-13-15-12-17(24(26)27)6-9-19(15)23-10-2-3-11-23/h4-9,12-13,22H,2-3,10-11H2,1H3,(H,21,25)/b20-13-. The van der Waals surface area contributed by atoms with Gasteiger partial charge in [0.25, 0.3) is 15.7 Å². The summed E-state index contributed by atoms with van der Waals surface area (Å²) >= 11 is 0. The molecule has 1 heterocycles. The fourth-order valence-electron chi connectivity index (χ4n) is 3.14. The van der Waals surface area contributed by atoms with Crippen molar-refractivity contribution >= 4 is 39.2 Å². The minimum Gasteiger partial charge on any atom is -0.371 e. The number of nitrogens with zero attached hydrogens (tertiary/aromatic N) is 3. The molecule has 1 amide bonds. The van der Waals surface area contributed by atoms with Gasteiger partial charge in [0.05, 0.1) is 16.0 Å². The van der Waals surface area contributed by atoms with Gasteiger partial charge in [-0.25, -0.2) is 4.83 Å². The number of hydrogen-bond donors (Lipinski definition) is 2. The number of nitro benzene ring substituents is 1. The molecule has 1 aliphatic heterocycles. The van der Waals surface area contributed by atoms with E-state index >= 15 is 0 Å². The Labute approximate surface area is 173 Å². The topological polar surface area (TPSA) is 134 Å². The summed E-state index contributed by atoms with van der Waals surface area (Å²) in [6, 6.07) is 10.1. The van der Waals surface area contributed by atoms with Crippen LogP contribution in [0, 0.1) is 10.1 Å². The second-order valence-corrected chi connectivity index (χ2v) is 8.41. The molecule has 1 aliphatic rings. The van der Waals surface area contributed by atoms with E-state index in [1.54, 1.807) is 6.07 Å². The highest BCUT2D eigenvalue weighted by molar-refractivity contribution is 7.89. The summed E-state index contributed by atoms with van der Waals surface area (Å²) in [4.78, 5) is 25.8. The van der Waals surface area contributed by atoms with Crippen LogP contribution in [-0.2, 0) is 14.8 Å². The molecular weight excluding hydrogens is 410 g/mol. The van der Waals surface area contributed by atoms with Gasteiger partial charge >= 0.3 is 0 Å². The third-order valence-corrected chi connectivity index (χ3v) is 5.77. The number of carbonyl (C=O) groups excluding carboxylic acids is 1. The van der Waals surface area contributed by atoms with Crippen molar-refractivity contribution in [2.75, 3.05) is 23.3 Å². The minimum atomic E-state index is -3.94. The molecule has 0 unspecified atom stereocenters. The lowest BCUT2D eigenvalue weighted by Crippen LogP contribution is -2.20. The Morgan fingerprint density at radius 3 is 2.43 bits per heavy atom. The van der Waals surface area contributed by atoms with E-state index in [4.69, 9.17) is 0 Å². The number of non-ortho nitro benzene ring substituents is 1. The molecule has 0 aromatic heterocycles. The van der Waals surface area contributed by atoms with E-state index in [1.165, 1.54) is 49.5 Å². The number of sulfonamides is 1. The van der Waals surface area contributed by atoms with Gasteiger partial charge in [-0.3, -0.25) is 14.9 Å². The average molecular weight is 431 g/mol. The van der Waals surface area contributed by atoms with E-state index in [9.17, 15) is 23.3 Å². The van der Waals surface area contributed by atoms with Crippen LogP contribution in [0.3, 0.4) is 0 Å². The molecule has 10 nitrogen and oxygen atoms in total. The van der Waals surface area contributed by atoms with E-state index in [1.807, 2.05) is 0 Å². The van der Waals surface area contributed by atoms with Crippen LogP contribution in [-0.4, -0.2) is 38.6 Å². The number of nitrogens with one attached hydrogen (secondary N) is 2. The number of nitro groups is 1. The van der Waals surface area contributed by atoms with Crippen molar-refractivity contribution in [1.29, 1.82) is 0 Å². The summed E-state index contributed by atoms with van der Waals surface area (Å²) < 4.78 is 24.9. The number of hydrogen-bond acceptors (Lipinski definition) is 7. The first-order chi connectivity index (χ1) is 14.3. The van der Waals surface area contributed by atoms with Gasteiger partial charge < -0.3 is 10.2 Å². The fourth-order valence-corrected chi connectivity index (χ4v) is 3.93. The third-order valence-electron chi connectivity index (χ3n) is 4.53. The maximum absolute atomic E-state index is 12.4. The van der Waals surface area contributed by atoms with Crippen LogP contribution < -0.4 is 15.0 Å². The molecule has 30 heavy (non-hydrogen) atoms. The molecule has 0 atom stereocenters. The first-order valence-corrected chi connectivity index (χ1v) is 10.7. The average Bonchev–Trinajstić information content (AvgIpc) is 3.22. The molecule has 2 N–H and O–H groups in total. The zero-order valence-electron chi connectivity index (χ0n) is 16.2. The molecular formula is C19H21N5O5S. The van der Waals surface area contributed by atoms with E-state index < -0.39 is 14.9 Å². The van der Waals surface area contributed by atoms with Crippen molar-refractivity contribution < 1.29 is 18.1 Å². The number of hydrazone groups is 1. The largest absolute Gasteiger partial charge is 0.371 e. The Bertz CT molecular complexity index is 1080. The molecule has 158 valence electrons. The lowest BCUT2D eigenvalue weighted by atomic mass is 10.1. The van der Waals surface area contributed by atoms with Gasteiger partial charge in [-0.05, 0) is 43.2 Å². The van der Waals surface area contributed by atoms with Gasteiger partial charge in [0.1, 0.15) is 0 Å². The van der Waals surface area contributed by atoms with Crippen molar-refractivity contribution in [2.45, 2.75) is 24.7 Å². The van der Waals surface area contributed by atoms with Crippen LogP contribution in [0.15, 0.2) is 52.5 Å². The first kappa shape index (κ1) is 21.2. The van der Waals surface area contributed by atoms with Crippen molar-refractivity contribution in [3.05, 3.63) is 58.1 Å². The van der Waals surface area contributed by atoms with Crippen LogP contribution in [0.2, 0.25) is 0 Å². The van der Waals surface area contributed by atoms with Gasteiger partial charge in [0, 0.05) is 49.1 Å². The Hall–Kier alpha value is -3.47. The SMILES string of the molecule is CC(=O)Nc1ccc(S(=O)(=O)N/N=C\c2cc([N+](=O)[O-])ccc2N2CCCC2)cc1. The zero-order chi connectivity index (χ0) is 21.7. The zero-order valence-corrected chi connectivity index (χ0v) is 17.1. The van der Waals surface area contributed by atoms with Crippen LogP contribution in [0.25, 0.3) is 0 Å². The highest BCUT2D eigenvalue weighted by Gasteiger charge is 2.18. The van der Waals surface area contributed by atoms with Crippen LogP contribution in [0.4, 0.5) is 17.1 Å². The number of rotatable bonds is 7. The number of benzene rings is 2. The molecule has 0 aliphatic carbocycles. The minimum absolute atomic E-state index is 0.0347. The maximum Gasteiger partial charge on any atom is 0.276 e. The second kappa shape index (κ2) is 8.91. The van der Waals surface area contributed by atoms with Crippen LogP contribution in [0.5, 0.6) is 0 Å². The summed E-state index contributed by atoms with van der Waals surface area (Å²) in [7, 11) is -3.94. The Morgan fingerprint density at radius 2 is 1.83 bits per heavy atom. The highest BCUT2D eigenvalue weighted by atomic mass is 32.2. The summed E-state index contributed by atoms with van der Waals surface area (Å²) in [5.74, 6) is -0.265. The fraction of sp³-hybridized carbons (Fsp3) is 0.263. The molecule has 0 spiro atoms. The monoisotopic (exact) mass is 431 g/mol. The van der Waals surface area contributed by atoms with Gasteiger partial charge in [-0.15, -0.1) is 0 Å². The Kier molecular flexibility index (Phi) is 6.31.